The quantitative estimate of drug-likeness (QED) is 0.796. The molecule has 0 aromatic heterocycles. The monoisotopic (exact) mass is 262 g/mol. The predicted molar refractivity (Wildman–Crippen MR) is 81.3 cm³/mol. The van der Waals surface area contributed by atoms with E-state index in [0.717, 1.165) is 31.4 Å². The minimum Gasteiger partial charge on any atom is -0.398 e. The Balaban J connectivity index is 3.01. The standard InChI is InChI=1S/C16H26N2O/c1-5-7-11-18(13(4)6-2)16(19)14-10-8-9-12(3)15(14)17/h8-10,13H,5-7,11,17H2,1-4H3. The third kappa shape index (κ3) is 3.72. The van der Waals surface area contributed by atoms with Crippen LogP contribution >= 0.6 is 0 Å². The number of amides is 1. The summed E-state index contributed by atoms with van der Waals surface area (Å²) in [5.74, 6) is 0.0593. The number of carbonyl (C=O) groups is 1. The number of nitrogens with zero attached hydrogens (tertiary/aromatic N) is 1. The molecule has 3 nitrogen and oxygen atoms in total. The van der Waals surface area contributed by atoms with Crippen LogP contribution in [-0.2, 0) is 0 Å². The fourth-order valence-corrected chi connectivity index (χ4v) is 2.09. The highest BCUT2D eigenvalue weighted by atomic mass is 16.2. The van der Waals surface area contributed by atoms with Crippen molar-refractivity contribution >= 4 is 11.6 Å². The molecule has 0 saturated carbocycles. The third-order valence-electron chi connectivity index (χ3n) is 3.69. The van der Waals surface area contributed by atoms with E-state index in [4.69, 9.17) is 5.73 Å². The number of para-hydroxylation sites is 1. The molecule has 2 N–H and O–H groups in total. The summed E-state index contributed by atoms with van der Waals surface area (Å²) < 4.78 is 0. The summed E-state index contributed by atoms with van der Waals surface area (Å²) >= 11 is 0. The van der Waals surface area contributed by atoms with E-state index in [0.29, 0.717) is 11.3 Å². The largest absolute Gasteiger partial charge is 0.398 e. The Morgan fingerprint density at radius 1 is 1.37 bits per heavy atom. The summed E-state index contributed by atoms with van der Waals surface area (Å²) in [6.45, 7) is 9.08. The van der Waals surface area contributed by atoms with Crippen LogP contribution in [0.5, 0.6) is 0 Å². The van der Waals surface area contributed by atoms with Gasteiger partial charge in [0.1, 0.15) is 0 Å². The minimum absolute atomic E-state index is 0.0593. The third-order valence-corrected chi connectivity index (χ3v) is 3.69. The SMILES string of the molecule is CCCCN(C(=O)c1cccc(C)c1N)C(C)CC. The van der Waals surface area contributed by atoms with Crippen LogP contribution in [0.1, 0.15) is 56.0 Å². The smallest absolute Gasteiger partial charge is 0.256 e. The highest BCUT2D eigenvalue weighted by Gasteiger charge is 2.21. The lowest BCUT2D eigenvalue weighted by Crippen LogP contribution is -2.39. The number of nitrogen functional groups attached to an aromatic ring is 1. The van der Waals surface area contributed by atoms with Crippen LogP contribution in [0.25, 0.3) is 0 Å². The Morgan fingerprint density at radius 3 is 2.63 bits per heavy atom. The molecule has 1 aromatic carbocycles. The second kappa shape index (κ2) is 7.17. The maximum absolute atomic E-state index is 12.7. The molecule has 0 saturated heterocycles. The van der Waals surface area contributed by atoms with Gasteiger partial charge in [-0.25, -0.2) is 0 Å². The summed E-state index contributed by atoms with van der Waals surface area (Å²) in [5.41, 5.74) is 8.25. The number of benzene rings is 1. The average molecular weight is 262 g/mol. The molecule has 0 spiro atoms. The number of nitrogens with two attached hydrogens (primary N) is 1. The number of unbranched alkanes of at least 4 members (excludes halogenated alkanes) is 1. The van der Waals surface area contributed by atoms with E-state index in [1.807, 2.05) is 30.0 Å². The van der Waals surface area contributed by atoms with Crippen molar-refractivity contribution in [2.75, 3.05) is 12.3 Å². The van der Waals surface area contributed by atoms with E-state index in [9.17, 15) is 4.79 Å². The molecule has 0 fully saturated rings. The van der Waals surface area contributed by atoms with Crippen LogP contribution in [0.3, 0.4) is 0 Å². The summed E-state index contributed by atoms with van der Waals surface area (Å²) in [4.78, 5) is 14.6. The summed E-state index contributed by atoms with van der Waals surface area (Å²) in [6, 6.07) is 5.91. The zero-order valence-electron chi connectivity index (χ0n) is 12.6. The fraction of sp³-hybridized carbons (Fsp3) is 0.562. The molecule has 0 aliphatic carbocycles. The van der Waals surface area contributed by atoms with Gasteiger partial charge < -0.3 is 10.6 Å². The number of hydrogen-bond donors (Lipinski definition) is 1. The zero-order valence-corrected chi connectivity index (χ0v) is 12.6. The Labute approximate surface area is 116 Å². The van der Waals surface area contributed by atoms with Gasteiger partial charge in [0.15, 0.2) is 0 Å². The van der Waals surface area contributed by atoms with Crippen molar-refractivity contribution in [3.05, 3.63) is 29.3 Å². The van der Waals surface area contributed by atoms with Crippen LogP contribution in [0, 0.1) is 6.92 Å². The summed E-state index contributed by atoms with van der Waals surface area (Å²) in [5, 5.41) is 0. The molecule has 0 heterocycles. The number of carbonyl (C=O) groups excluding carboxylic acids is 1. The van der Waals surface area contributed by atoms with E-state index in [1.165, 1.54) is 0 Å². The van der Waals surface area contributed by atoms with Crippen LogP contribution in [0.15, 0.2) is 18.2 Å². The van der Waals surface area contributed by atoms with E-state index in [1.54, 1.807) is 0 Å². The molecule has 1 unspecified atom stereocenters. The van der Waals surface area contributed by atoms with Crippen molar-refractivity contribution in [1.29, 1.82) is 0 Å². The Hall–Kier alpha value is -1.51. The maximum Gasteiger partial charge on any atom is 0.256 e. The van der Waals surface area contributed by atoms with E-state index >= 15 is 0 Å². The molecule has 1 rings (SSSR count). The van der Waals surface area contributed by atoms with Crippen molar-refractivity contribution in [1.82, 2.24) is 4.90 Å². The first-order valence-corrected chi connectivity index (χ1v) is 7.18. The van der Waals surface area contributed by atoms with Crippen molar-refractivity contribution in [3.63, 3.8) is 0 Å². The van der Waals surface area contributed by atoms with Gasteiger partial charge in [-0.1, -0.05) is 32.4 Å². The molecule has 0 aliphatic heterocycles. The van der Waals surface area contributed by atoms with Gasteiger partial charge >= 0.3 is 0 Å². The highest BCUT2D eigenvalue weighted by Crippen LogP contribution is 2.20. The topological polar surface area (TPSA) is 46.3 Å². The zero-order chi connectivity index (χ0) is 14.4. The van der Waals surface area contributed by atoms with Gasteiger partial charge in [0.2, 0.25) is 0 Å². The fourth-order valence-electron chi connectivity index (χ4n) is 2.09. The average Bonchev–Trinajstić information content (AvgIpc) is 2.41. The van der Waals surface area contributed by atoms with Gasteiger partial charge in [-0.2, -0.15) is 0 Å². The molecule has 106 valence electrons. The van der Waals surface area contributed by atoms with Gasteiger partial charge in [-0.05, 0) is 38.3 Å². The van der Waals surface area contributed by atoms with E-state index in [2.05, 4.69) is 20.8 Å². The molecule has 1 aromatic rings. The first-order valence-electron chi connectivity index (χ1n) is 7.18. The number of anilines is 1. The Kier molecular flexibility index (Phi) is 5.87. The first kappa shape index (κ1) is 15.5. The van der Waals surface area contributed by atoms with Crippen LogP contribution in [0.4, 0.5) is 5.69 Å². The second-order valence-corrected chi connectivity index (χ2v) is 5.15. The number of rotatable bonds is 6. The van der Waals surface area contributed by atoms with Crippen LogP contribution in [-0.4, -0.2) is 23.4 Å². The Morgan fingerprint density at radius 2 is 2.05 bits per heavy atom. The van der Waals surface area contributed by atoms with Crippen molar-refractivity contribution in [2.24, 2.45) is 0 Å². The van der Waals surface area contributed by atoms with Crippen LogP contribution < -0.4 is 5.73 Å². The normalized spacial score (nSPS) is 12.2. The molecule has 19 heavy (non-hydrogen) atoms. The van der Waals surface area contributed by atoms with Gasteiger partial charge in [0.05, 0.1) is 5.56 Å². The summed E-state index contributed by atoms with van der Waals surface area (Å²) in [6.07, 6.45) is 3.08. The molecule has 0 radical (unpaired) electrons. The lowest BCUT2D eigenvalue weighted by Gasteiger charge is -2.29. The maximum atomic E-state index is 12.7. The van der Waals surface area contributed by atoms with Crippen molar-refractivity contribution in [2.45, 2.75) is 53.0 Å². The number of hydrogen-bond acceptors (Lipinski definition) is 2. The minimum atomic E-state index is 0.0593. The molecule has 3 heteroatoms. The number of aryl methyl sites for hydroxylation is 1. The summed E-state index contributed by atoms with van der Waals surface area (Å²) in [7, 11) is 0. The van der Waals surface area contributed by atoms with Crippen molar-refractivity contribution < 1.29 is 4.79 Å². The highest BCUT2D eigenvalue weighted by molar-refractivity contribution is 5.99. The molecule has 1 atom stereocenters. The molecule has 1 amide bonds. The van der Waals surface area contributed by atoms with Gasteiger partial charge in [0, 0.05) is 18.3 Å². The van der Waals surface area contributed by atoms with E-state index < -0.39 is 0 Å². The van der Waals surface area contributed by atoms with Gasteiger partial charge in [-0.15, -0.1) is 0 Å². The van der Waals surface area contributed by atoms with Gasteiger partial charge in [0.25, 0.3) is 5.91 Å². The molecular formula is C16H26N2O. The van der Waals surface area contributed by atoms with Crippen LogP contribution in [0.2, 0.25) is 0 Å². The molecule has 0 bridgehead atoms. The van der Waals surface area contributed by atoms with E-state index in [-0.39, 0.29) is 11.9 Å². The molecular weight excluding hydrogens is 236 g/mol. The lowest BCUT2D eigenvalue weighted by molar-refractivity contribution is 0.0686. The van der Waals surface area contributed by atoms with Gasteiger partial charge in [-0.3, -0.25) is 4.79 Å². The predicted octanol–water partition coefficient (Wildman–Crippen LogP) is 3.62. The first-order chi connectivity index (χ1) is 9.02. The second-order valence-electron chi connectivity index (χ2n) is 5.15. The Bertz CT molecular complexity index is 429. The molecule has 0 aliphatic rings. The van der Waals surface area contributed by atoms with Crippen molar-refractivity contribution in [3.8, 4) is 0 Å². The lowest BCUT2D eigenvalue weighted by atomic mass is 10.1.